The van der Waals surface area contributed by atoms with Gasteiger partial charge in [-0.15, -0.1) is 0 Å². The van der Waals surface area contributed by atoms with Crippen molar-refractivity contribution >= 4 is 0 Å². The lowest BCUT2D eigenvalue weighted by molar-refractivity contribution is 0.100. The van der Waals surface area contributed by atoms with Crippen LogP contribution in [0.25, 0.3) is 0 Å². The molecule has 2 aliphatic rings. The third kappa shape index (κ3) is 3.44. The normalized spacial score (nSPS) is 25.4. The highest BCUT2D eigenvalue weighted by Crippen LogP contribution is 2.27. The van der Waals surface area contributed by atoms with Crippen LogP contribution in [0.5, 0.6) is 0 Å². The van der Waals surface area contributed by atoms with Crippen LogP contribution in [0.4, 0.5) is 0 Å². The van der Waals surface area contributed by atoms with Crippen molar-refractivity contribution in [3.05, 3.63) is 0 Å². The average molecular weight is 211 g/mol. The van der Waals surface area contributed by atoms with Crippen molar-refractivity contribution in [2.24, 2.45) is 11.7 Å². The van der Waals surface area contributed by atoms with Gasteiger partial charge in [-0.3, -0.25) is 0 Å². The molecular weight excluding hydrogens is 186 g/mol. The SMILES string of the molecule is NCCCN1CCN(CC2CCC2)CC1. The van der Waals surface area contributed by atoms with Gasteiger partial charge in [0.2, 0.25) is 0 Å². The van der Waals surface area contributed by atoms with Gasteiger partial charge in [0.05, 0.1) is 0 Å². The number of nitrogens with zero attached hydrogens (tertiary/aromatic N) is 2. The summed E-state index contributed by atoms with van der Waals surface area (Å²) in [5.41, 5.74) is 5.53. The lowest BCUT2D eigenvalue weighted by Gasteiger charge is -2.38. The Labute approximate surface area is 93.6 Å². The van der Waals surface area contributed by atoms with E-state index in [0.717, 1.165) is 18.9 Å². The van der Waals surface area contributed by atoms with Gasteiger partial charge in [-0.25, -0.2) is 0 Å². The summed E-state index contributed by atoms with van der Waals surface area (Å²) in [6.45, 7) is 8.47. The monoisotopic (exact) mass is 211 g/mol. The summed E-state index contributed by atoms with van der Waals surface area (Å²) in [6.07, 6.45) is 5.59. The number of hydrogen-bond acceptors (Lipinski definition) is 3. The highest BCUT2D eigenvalue weighted by molar-refractivity contribution is 4.78. The first-order chi connectivity index (χ1) is 7.38. The maximum atomic E-state index is 5.53. The van der Waals surface area contributed by atoms with Gasteiger partial charge in [0.1, 0.15) is 0 Å². The van der Waals surface area contributed by atoms with Crippen LogP contribution in [0.15, 0.2) is 0 Å². The van der Waals surface area contributed by atoms with Gasteiger partial charge in [0, 0.05) is 32.7 Å². The van der Waals surface area contributed by atoms with Crippen LogP contribution in [0.3, 0.4) is 0 Å². The van der Waals surface area contributed by atoms with E-state index < -0.39 is 0 Å². The summed E-state index contributed by atoms with van der Waals surface area (Å²) in [7, 11) is 0. The van der Waals surface area contributed by atoms with Crippen LogP contribution >= 0.6 is 0 Å². The predicted molar refractivity (Wildman–Crippen MR) is 63.9 cm³/mol. The molecule has 0 atom stereocenters. The second kappa shape index (κ2) is 5.83. The molecule has 0 aromatic carbocycles. The van der Waals surface area contributed by atoms with Crippen LogP contribution in [-0.4, -0.2) is 55.6 Å². The lowest BCUT2D eigenvalue weighted by atomic mass is 9.85. The van der Waals surface area contributed by atoms with Gasteiger partial charge >= 0.3 is 0 Å². The van der Waals surface area contributed by atoms with E-state index in [9.17, 15) is 0 Å². The third-order valence-corrected chi connectivity index (χ3v) is 3.88. The van der Waals surface area contributed by atoms with Gasteiger partial charge in [-0.1, -0.05) is 6.42 Å². The van der Waals surface area contributed by atoms with Gasteiger partial charge in [-0.2, -0.15) is 0 Å². The van der Waals surface area contributed by atoms with Gasteiger partial charge in [0.15, 0.2) is 0 Å². The van der Waals surface area contributed by atoms with Crippen LogP contribution in [-0.2, 0) is 0 Å². The Morgan fingerprint density at radius 1 is 1.00 bits per heavy atom. The Kier molecular flexibility index (Phi) is 4.42. The highest BCUT2D eigenvalue weighted by Gasteiger charge is 2.23. The van der Waals surface area contributed by atoms with E-state index in [0.29, 0.717) is 0 Å². The Morgan fingerprint density at radius 3 is 2.20 bits per heavy atom. The van der Waals surface area contributed by atoms with Crippen LogP contribution in [0.2, 0.25) is 0 Å². The van der Waals surface area contributed by atoms with Crippen molar-refractivity contribution in [1.29, 1.82) is 0 Å². The molecule has 0 aromatic rings. The zero-order chi connectivity index (χ0) is 10.5. The molecule has 15 heavy (non-hydrogen) atoms. The summed E-state index contributed by atoms with van der Waals surface area (Å²) in [5, 5.41) is 0. The van der Waals surface area contributed by atoms with E-state index in [1.807, 2.05) is 0 Å². The van der Waals surface area contributed by atoms with Crippen molar-refractivity contribution in [3.8, 4) is 0 Å². The van der Waals surface area contributed by atoms with E-state index >= 15 is 0 Å². The van der Waals surface area contributed by atoms with Crippen LogP contribution in [0, 0.1) is 5.92 Å². The minimum absolute atomic E-state index is 0.836. The summed E-state index contributed by atoms with van der Waals surface area (Å²) in [4.78, 5) is 5.22. The lowest BCUT2D eigenvalue weighted by Crippen LogP contribution is -2.48. The second-order valence-electron chi connectivity index (χ2n) is 5.08. The molecule has 2 N–H and O–H groups in total. The zero-order valence-corrected chi connectivity index (χ0v) is 9.83. The first-order valence-corrected chi connectivity index (χ1v) is 6.53. The van der Waals surface area contributed by atoms with Gasteiger partial charge in [-0.05, 0) is 38.3 Å². The highest BCUT2D eigenvalue weighted by atomic mass is 15.3. The molecule has 1 aliphatic heterocycles. The Morgan fingerprint density at radius 2 is 1.67 bits per heavy atom. The molecule has 0 radical (unpaired) electrons. The predicted octanol–water partition coefficient (Wildman–Crippen LogP) is 0.753. The molecule has 2 fully saturated rings. The first-order valence-electron chi connectivity index (χ1n) is 6.53. The van der Waals surface area contributed by atoms with E-state index in [1.165, 1.54) is 58.5 Å². The van der Waals surface area contributed by atoms with Crippen molar-refractivity contribution in [2.45, 2.75) is 25.7 Å². The molecule has 1 aliphatic carbocycles. The minimum Gasteiger partial charge on any atom is -0.330 e. The minimum atomic E-state index is 0.836. The molecule has 3 nitrogen and oxygen atoms in total. The van der Waals surface area contributed by atoms with Crippen LogP contribution in [0.1, 0.15) is 25.7 Å². The van der Waals surface area contributed by atoms with Crippen molar-refractivity contribution in [2.75, 3.05) is 45.8 Å². The second-order valence-corrected chi connectivity index (χ2v) is 5.08. The molecule has 0 spiro atoms. The largest absolute Gasteiger partial charge is 0.330 e. The number of nitrogens with two attached hydrogens (primary N) is 1. The number of piperazine rings is 1. The Bertz CT molecular complexity index is 172. The molecular formula is C12H25N3. The quantitative estimate of drug-likeness (QED) is 0.728. The molecule has 1 saturated heterocycles. The standard InChI is InChI=1S/C12H25N3/c13-5-2-6-14-7-9-15(10-8-14)11-12-3-1-4-12/h12H,1-11,13H2. The van der Waals surface area contributed by atoms with Crippen molar-refractivity contribution in [1.82, 2.24) is 9.80 Å². The third-order valence-electron chi connectivity index (χ3n) is 3.88. The van der Waals surface area contributed by atoms with Gasteiger partial charge in [0.25, 0.3) is 0 Å². The fourth-order valence-corrected chi connectivity index (χ4v) is 2.55. The molecule has 0 amide bonds. The molecule has 1 saturated carbocycles. The molecule has 0 unspecified atom stereocenters. The fourth-order valence-electron chi connectivity index (χ4n) is 2.55. The van der Waals surface area contributed by atoms with E-state index in [-0.39, 0.29) is 0 Å². The van der Waals surface area contributed by atoms with Crippen molar-refractivity contribution in [3.63, 3.8) is 0 Å². The fraction of sp³-hybridized carbons (Fsp3) is 1.00. The zero-order valence-electron chi connectivity index (χ0n) is 9.83. The molecule has 0 bridgehead atoms. The summed E-state index contributed by atoms with van der Waals surface area (Å²) in [5.74, 6) is 1.03. The molecule has 3 heteroatoms. The van der Waals surface area contributed by atoms with E-state index in [4.69, 9.17) is 5.73 Å². The number of rotatable bonds is 5. The first kappa shape index (κ1) is 11.4. The molecule has 88 valence electrons. The summed E-state index contributed by atoms with van der Waals surface area (Å²) < 4.78 is 0. The maximum Gasteiger partial charge on any atom is 0.0110 e. The maximum absolute atomic E-state index is 5.53. The van der Waals surface area contributed by atoms with Gasteiger partial charge < -0.3 is 15.5 Å². The molecule has 2 rings (SSSR count). The Hall–Kier alpha value is -0.120. The van der Waals surface area contributed by atoms with E-state index in [2.05, 4.69) is 9.80 Å². The summed E-state index contributed by atoms with van der Waals surface area (Å²) in [6, 6.07) is 0. The van der Waals surface area contributed by atoms with Crippen molar-refractivity contribution < 1.29 is 0 Å². The van der Waals surface area contributed by atoms with Crippen LogP contribution < -0.4 is 5.73 Å². The number of hydrogen-bond donors (Lipinski definition) is 1. The summed E-state index contributed by atoms with van der Waals surface area (Å²) >= 11 is 0. The molecule has 1 heterocycles. The Balaban J connectivity index is 1.58. The smallest absolute Gasteiger partial charge is 0.0110 e. The molecule has 0 aromatic heterocycles. The van der Waals surface area contributed by atoms with E-state index in [1.54, 1.807) is 0 Å². The topological polar surface area (TPSA) is 32.5 Å². The average Bonchev–Trinajstić information content (AvgIpc) is 2.22.